The van der Waals surface area contributed by atoms with Crippen molar-refractivity contribution in [2.45, 2.75) is 26.4 Å². The standard InChI is InChI=1S/C22H22N4O2/c1-15(2)26(14-16-9-5-4-6-10-16)22(28)18-13-17-20(24(18)3)23-19-11-7-8-12-25(19)21(17)27/h4-13,15H,14H2,1-3H3. The lowest BCUT2D eigenvalue weighted by molar-refractivity contribution is 0.0681. The van der Waals surface area contributed by atoms with Crippen LogP contribution < -0.4 is 5.56 Å². The maximum Gasteiger partial charge on any atom is 0.271 e. The van der Waals surface area contributed by atoms with Crippen molar-refractivity contribution in [3.05, 3.63) is 82.4 Å². The number of amides is 1. The highest BCUT2D eigenvalue weighted by Crippen LogP contribution is 2.19. The molecular weight excluding hydrogens is 352 g/mol. The Morgan fingerprint density at radius 1 is 1.11 bits per heavy atom. The molecule has 0 aliphatic carbocycles. The Morgan fingerprint density at radius 2 is 1.82 bits per heavy atom. The first-order chi connectivity index (χ1) is 13.5. The zero-order valence-corrected chi connectivity index (χ0v) is 16.2. The van der Waals surface area contributed by atoms with Gasteiger partial charge in [0.25, 0.3) is 11.5 Å². The highest BCUT2D eigenvalue weighted by molar-refractivity contribution is 5.98. The van der Waals surface area contributed by atoms with E-state index in [0.29, 0.717) is 28.9 Å². The first-order valence-electron chi connectivity index (χ1n) is 9.29. The minimum absolute atomic E-state index is 0.0128. The van der Waals surface area contributed by atoms with Crippen LogP contribution in [0, 0.1) is 0 Å². The second-order valence-corrected chi connectivity index (χ2v) is 7.18. The summed E-state index contributed by atoms with van der Waals surface area (Å²) >= 11 is 0. The predicted octanol–water partition coefficient (Wildman–Crippen LogP) is 3.24. The summed E-state index contributed by atoms with van der Waals surface area (Å²) in [5, 5.41) is 0.443. The third-order valence-electron chi connectivity index (χ3n) is 5.01. The van der Waals surface area contributed by atoms with Crippen LogP contribution >= 0.6 is 0 Å². The molecule has 1 amide bonds. The molecular formula is C22H22N4O2. The third kappa shape index (κ3) is 2.97. The Balaban J connectivity index is 1.81. The highest BCUT2D eigenvalue weighted by Gasteiger charge is 2.24. The first kappa shape index (κ1) is 18.0. The van der Waals surface area contributed by atoms with Crippen molar-refractivity contribution >= 4 is 22.6 Å². The summed E-state index contributed by atoms with van der Waals surface area (Å²) in [7, 11) is 1.78. The normalized spacial score (nSPS) is 11.4. The van der Waals surface area contributed by atoms with E-state index in [2.05, 4.69) is 4.98 Å². The Kier molecular flexibility index (Phi) is 4.47. The molecule has 28 heavy (non-hydrogen) atoms. The molecule has 0 saturated heterocycles. The fraction of sp³-hybridized carbons (Fsp3) is 0.227. The third-order valence-corrected chi connectivity index (χ3v) is 5.01. The summed E-state index contributed by atoms with van der Waals surface area (Å²) in [4.78, 5) is 32.6. The summed E-state index contributed by atoms with van der Waals surface area (Å²) in [5.74, 6) is -0.118. The maximum absolute atomic E-state index is 13.4. The van der Waals surface area contributed by atoms with Crippen LogP contribution in [0.5, 0.6) is 0 Å². The molecule has 142 valence electrons. The van der Waals surface area contributed by atoms with E-state index in [0.717, 1.165) is 5.56 Å². The van der Waals surface area contributed by atoms with E-state index in [1.807, 2.05) is 50.2 Å². The van der Waals surface area contributed by atoms with Crippen molar-refractivity contribution in [1.29, 1.82) is 0 Å². The molecule has 0 spiro atoms. The van der Waals surface area contributed by atoms with Crippen molar-refractivity contribution in [3.8, 4) is 0 Å². The monoisotopic (exact) mass is 374 g/mol. The number of pyridine rings is 1. The van der Waals surface area contributed by atoms with E-state index in [-0.39, 0.29) is 17.5 Å². The fourth-order valence-corrected chi connectivity index (χ4v) is 3.44. The molecule has 0 fully saturated rings. The minimum Gasteiger partial charge on any atom is -0.331 e. The smallest absolute Gasteiger partial charge is 0.271 e. The Labute approximate surface area is 162 Å². The van der Waals surface area contributed by atoms with Gasteiger partial charge >= 0.3 is 0 Å². The fourth-order valence-electron chi connectivity index (χ4n) is 3.44. The maximum atomic E-state index is 13.4. The zero-order chi connectivity index (χ0) is 19.8. The van der Waals surface area contributed by atoms with Crippen LogP contribution in [0.15, 0.2) is 65.6 Å². The number of aryl methyl sites for hydroxylation is 1. The van der Waals surface area contributed by atoms with E-state index in [1.54, 1.807) is 40.9 Å². The van der Waals surface area contributed by atoms with Gasteiger partial charge in [-0.1, -0.05) is 36.4 Å². The lowest BCUT2D eigenvalue weighted by atomic mass is 10.1. The van der Waals surface area contributed by atoms with Crippen molar-refractivity contribution in [2.75, 3.05) is 0 Å². The van der Waals surface area contributed by atoms with Crippen LogP contribution in [0.2, 0.25) is 0 Å². The summed E-state index contributed by atoms with van der Waals surface area (Å²) < 4.78 is 3.22. The molecule has 6 heteroatoms. The molecule has 4 rings (SSSR count). The number of rotatable bonds is 4. The van der Waals surface area contributed by atoms with Gasteiger partial charge in [0.2, 0.25) is 0 Å². The highest BCUT2D eigenvalue weighted by atomic mass is 16.2. The molecule has 0 N–H and O–H groups in total. The van der Waals surface area contributed by atoms with E-state index in [1.165, 1.54) is 4.40 Å². The Bertz CT molecular complexity index is 1220. The molecule has 3 heterocycles. The second-order valence-electron chi connectivity index (χ2n) is 7.18. The van der Waals surface area contributed by atoms with Gasteiger partial charge in [-0.3, -0.25) is 14.0 Å². The van der Waals surface area contributed by atoms with E-state index in [4.69, 9.17) is 0 Å². The Morgan fingerprint density at radius 3 is 2.54 bits per heavy atom. The van der Waals surface area contributed by atoms with Crippen LogP contribution in [0.25, 0.3) is 16.7 Å². The molecule has 0 aliphatic rings. The summed E-state index contributed by atoms with van der Waals surface area (Å²) in [6.45, 7) is 4.49. The van der Waals surface area contributed by atoms with E-state index < -0.39 is 0 Å². The summed E-state index contributed by atoms with van der Waals surface area (Å²) in [6, 6.07) is 17.0. The van der Waals surface area contributed by atoms with Gasteiger partial charge in [0.1, 0.15) is 17.0 Å². The van der Waals surface area contributed by atoms with Crippen molar-refractivity contribution in [3.63, 3.8) is 0 Å². The molecule has 0 bridgehead atoms. The number of hydrogen-bond donors (Lipinski definition) is 0. The molecule has 0 aliphatic heterocycles. The lowest BCUT2D eigenvalue weighted by Crippen LogP contribution is -2.37. The SMILES string of the molecule is CC(C)N(Cc1ccccc1)C(=O)c1cc2c(=O)n3ccccc3nc2n1C. The predicted molar refractivity (Wildman–Crippen MR) is 109 cm³/mol. The number of aromatic nitrogens is 3. The van der Waals surface area contributed by atoms with Crippen LogP contribution in [0.3, 0.4) is 0 Å². The van der Waals surface area contributed by atoms with Gasteiger partial charge in [0.05, 0.1) is 5.39 Å². The Hall–Kier alpha value is -3.41. The van der Waals surface area contributed by atoms with Gasteiger partial charge in [0, 0.05) is 25.8 Å². The summed E-state index contributed by atoms with van der Waals surface area (Å²) in [6.07, 6.45) is 1.69. The topological polar surface area (TPSA) is 59.6 Å². The van der Waals surface area contributed by atoms with E-state index in [9.17, 15) is 9.59 Å². The number of carbonyl (C=O) groups excluding carboxylic acids is 1. The number of fused-ring (bicyclic) bond motifs is 2. The van der Waals surface area contributed by atoms with Crippen LogP contribution in [0.1, 0.15) is 29.9 Å². The quantitative estimate of drug-likeness (QED) is 0.551. The molecule has 6 nitrogen and oxygen atoms in total. The van der Waals surface area contributed by atoms with Crippen molar-refractivity contribution in [2.24, 2.45) is 7.05 Å². The average Bonchev–Trinajstić information content (AvgIpc) is 3.03. The van der Waals surface area contributed by atoms with Crippen molar-refractivity contribution in [1.82, 2.24) is 18.9 Å². The molecule has 4 aromatic rings. The largest absolute Gasteiger partial charge is 0.331 e. The number of carbonyl (C=O) groups is 1. The average molecular weight is 374 g/mol. The van der Waals surface area contributed by atoms with Crippen LogP contribution in [-0.4, -0.2) is 30.8 Å². The molecule has 0 unspecified atom stereocenters. The number of hydrogen-bond acceptors (Lipinski definition) is 3. The number of benzene rings is 1. The van der Waals surface area contributed by atoms with Gasteiger partial charge in [-0.15, -0.1) is 0 Å². The zero-order valence-electron chi connectivity index (χ0n) is 16.2. The van der Waals surface area contributed by atoms with Gasteiger partial charge < -0.3 is 9.47 Å². The molecule has 3 aromatic heterocycles. The summed E-state index contributed by atoms with van der Waals surface area (Å²) in [5.41, 5.74) is 2.43. The first-order valence-corrected chi connectivity index (χ1v) is 9.29. The molecule has 0 saturated carbocycles. The molecule has 0 atom stereocenters. The van der Waals surface area contributed by atoms with Gasteiger partial charge in [0.15, 0.2) is 0 Å². The van der Waals surface area contributed by atoms with E-state index >= 15 is 0 Å². The van der Waals surface area contributed by atoms with Crippen LogP contribution in [0.4, 0.5) is 0 Å². The number of nitrogens with zero attached hydrogens (tertiary/aromatic N) is 4. The lowest BCUT2D eigenvalue weighted by Gasteiger charge is -2.27. The van der Waals surface area contributed by atoms with Crippen molar-refractivity contribution < 1.29 is 4.79 Å². The minimum atomic E-state index is -0.172. The molecule has 1 aromatic carbocycles. The van der Waals surface area contributed by atoms with Crippen LogP contribution in [-0.2, 0) is 13.6 Å². The molecule has 0 radical (unpaired) electrons. The van der Waals surface area contributed by atoms with Gasteiger partial charge in [-0.05, 0) is 37.6 Å². The van der Waals surface area contributed by atoms with Gasteiger partial charge in [-0.25, -0.2) is 4.98 Å². The second kappa shape index (κ2) is 6.96. The van der Waals surface area contributed by atoms with Gasteiger partial charge in [-0.2, -0.15) is 0 Å².